The summed E-state index contributed by atoms with van der Waals surface area (Å²) in [6.07, 6.45) is 35.9. The zero-order chi connectivity index (χ0) is 108. The number of carbonyl (C=O) groups excluding carboxylic acids is 4. The number of Topliss-reactive ketones (excluding diaryl/α,β-unsaturated/α-hetero) is 4. The number of aryl methyl sites for hydroxylation is 3. The summed E-state index contributed by atoms with van der Waals surface area (Å²) in [6, 6.07) is 0. The Morgan fingerprint density at radius 3 is 1.00 bits per heavy atom. The van der Waals surface area contributed by atoms with Gasteiger partial charge in [0.1, 0.15) is 30.5 Å². The third kappa shape index (κ3) is 20.7. The Morgan fingerprint density at radius 1 is 0.423 bits per heavy atom. The molecule has 16 aliphatic rings. The molecule has 16 aliphatic carbocycles. The number of alkyl halides is 1. The molecular weight excluding hydrogens is 1840 g/mol. The molecule has 6 N–H and O–H groups in total. The fourth-order valence-electron chi connectivity index (χ4n) is 34.2. The molecule has 756 valence electrons. The molecule has 0 saturated heterocycles. The number of nitrogens with one attached hydrogen (secondary N) is 1. The zero-order valence-corrected chi connectivity index (χ0v) is 84.7. The number of aromatic amines is 1. The molecule has 0 radical (unpaired) electrons. The largest absolute Gasteiger partial charge is 0.400 e. The Labute approximate surface area is 830 Å². The molecule has 36 atom stereocenters. The lowest BCUT2D eigenvalue weighted by atomic mass is 9.43. The van der Waals surface area contributed by atoms with Gasteiger partial charge >= 0.3 is 0 Å². The molecule has 16 saturated carbocycles. The molecule has 0 spiro atoms. The number of halogens is 3. The van der Waals surface area contributed by atoms with Crippen molar-refractivity contribution >= 4 is 67.3 Å². The van der Waals surface area contributed by atoms with Crippen LogP contribution in [0, 0.1) is 182 Å². The summed E-state index contributed by atoms with van der Waals surface area (Å²) in [5, 5.41) is 87.1. The number of aliphatic hydroxyl groups is 5. The van der Waals surface area contributed by atoms with Crippen LogP contribution in [0.15, 0.2) is 0 Å². The van der Waals surface area contributed by atoms with Gasteiger partial charge in [-0.25, -0.2) is 4.68 Å². The minimum absolute atomic E-state index is 0. The van der Waals surface area contributed by atoms with Crippen LogP contribution in [-0.4, -0.2) is 199 Å². The van der Waals surface area contributed by atoms with Gasteiger partial charge in [0.2, 0.25) is 0 Å². The van der Waals surface area contributed by atoms with Crippen molar-refractivity contribution in [1.29, 1.82) is 0 Å². The van der Waals surface area contributed by atoms with Crippen molar-refractivity contribution in [2.75, 3.05) is 67.2 Å². The molecule has 28 heteroatoms. The number of ketones is 4. The second-order valence-corrected chi connectivity index (χ2v) is 46.4. The summed E-state index contributed by atoms with van der Waals surface area (Å²) >= 11 is 8.91. The van der Waals surface area contributed by atoms with E-state index < -0.39 is 48.7 Å². The van der Waals surface area contributed by atoms with Gasteiger partial charge in [0, 0.05) is 107 Å². The smallest absolute Gasteiger partial charge is 0.171 e. The normalized spacial score (nSPS) is 46.3. The molecule has 3 heterocycles. The maximum atomic E-state index is 13.4. The fourth-order valence-corrected chi connectivity index (χ4v) is 34.6. The summed E-state index contributed by atoms with van der Waals surface area (Å²) in [6.45, 7) is 22.9. The average molecular weight is 2050 g/mol. The molecule has 0 amide bonds. The van der Waals surface area contributed by atoms with E-state index in [1.165, 1.54) is 24.1 Å². The number of ether oxygens (including phenoxy) is 4. The number of methoxy groups -OCH3 is 4. The van der Waals surface area contributed by atoms with Gasteiger partial charge in [-0.05, 0) is 440 Å². The van der Waals surface area contributed by atoms with Crippen molar-refractivity contribution in [3.05, 3.63) is 17.5 Å². The topological polar surface area (TPSA) is 348 Å². The first kappa shape index (κ1) is 94.6. The molecule has 19 rings (SSSR count). The van der Waals surface area contributed by atoms with Crippen LogP contribution in [0.3, 0.4) is 0 Å². The minimum Gasteiger partial charge on any atom is -0.400 e. The van der Waals surface area contributed by atoms with Crippen LogP contribution >= 0.6 is 44.2 Å². The number of hydrogen-bond acceptors (Lipinski definition) is 22. The van der Waals surface area contributed by atoms with Gasteiger partial charge in [-0.2, -0.15) is 10.0 Å². The molecular formula is C102H189Br3N12O13. The third-order valence-corrected chi connectivity index (χ3v) is 40.1. The summed E-state index contributed by atoms with van der Waals surface area (Å²) in [4.78, 5) is 53.1. The van der Waals surface area contributed by atoms with Crippen LogP contribution in [0.25, 0.3) is 0 Å². The van der Waals surface area contributed by atoms with E-state index in [1.807, 2.05) is 34.6 Å². The summed E-state index contributed by atoms with van der Waals surface area (Å²) in [5.74, 6) is 11.7. The van der Waals surface area contributed by atoms with Crippen LogP contribution in [0.5, 0.6) is 0 Å². The van der Waals surface area contributed by atoms with E-state index in [0.29, 0.717) is 129 Å². The number of hydrogen-bond donors (Lipinski definition) is 6. The van der Waals surface area contributed by atoms with E-state index in [2.05, 4.69) is 123 Å². The summed E-state index contributed by atoms with van der Waals surface area (Å²) < 4.78 is 120. The van der Waals surface area contributed by atoms with Crippen molar-refractivity contribution in [2.24, 2.45) is 162 Å². The first-order valence-electron chi connectivity index (χ1n) is 57.4. The molecule has 16 fully saturated rings. The van der Waals surface area contributed by atoms with Gasteiger partial charge in [0.15, 0.2) is 23.2 Å². The van der Waals surface area contributed by atoms with Crippen molar-refractivity contribution in [2.45, 2.75) is 372 Å². The van der Waals surface area contributed by atoms with Gasteiger partial charge in [0.25, 0.3) is 0 Å². The molecule has 130 heavy (non-hydrogen) atoms. The lowest BCUT2D eigenvalue weighted by Gasteiger charge is -2.62. The number of rotatable bonds is 17. The number of nitrogens with zero attached hydrogens (tertiary/aromatic N) is 11. The van der Waals surface area contributed by atoms with Crippen molar-refractivity contribution in [1.82, 2.24) is 61.0 Å². The quantitative estimate of drug-likeness (QED) is 0.0684. The second-order valence-electron chi connectivity index (χ2n) is 45.8. The van der Waals surface area contributed by atoms with Crippen LogP contribution < -0.4 is 0 Å². The maximum absolute atomic E-state index is 13.4. The number of aromatic nitrogens is 12. The van der Waals surface area contributed by atoms with Crippen LogP contribution in [0.2, 0.25) is 0 Å². The lowest BCUT2D eigenvalue weighted by Crippen LogP contribution is -2.58. The predicted molar refractivity (Wildman–Crippen MR) is 533 cm³/mol. The summed E-state index contributed by atoms with van der Waals surface area (Å²) in [5.41, 5.74) is -2.73. The average Bonchev–Trinajstić information content (AvgIpc) is 1.65. The SMILES string of the molecule is BrBr.C.C.C.CO.Cc1nn[nH]n1.[2HH].[2H]C(OC)[C@]12CC[C@@](C)(O)C[C@H]1CC[C@H]1[C@@H]3CC[C@H](C(=O)CBr)[C@@]3(C)CC[C@@H]12.[2H]C(OC)[C@]12CC[C@@](C)(O)C[C@H]1CC[C@H]1[C@@H]3CC[C@H](C(=O)Cn4nnc(C)n4)[C@@]3(C)CC[C@@H]12.[2H]C(OC)[C@]12CC[C@@](C)(O)C[C@H]1CC[C@H]1[C@@H]3CC[C@H](C(=O)Cn4nnnc4C)[C@@]3(C)CC[C@@H]12.[2H]C(OC)[C@]12CC[C@@](C)(O)C[C@H]1CC[C@H]1[C@@H]3CC[C@H](C(C)=O)[C@@]3(C)CC[C@@H]12.[2H][2H].[2H][2H].[2H][2H].[2H][2H].[2H][2H].[2H][2H]. The Kier molecular flexibility index (Phi) is 31.6. The Bertz CT molecular complexity index is 4400. The summed E-state index contributed by atoms with van der Waals surface area (Å²) in [7, 11) is 7.73. The highest BCUT2D eigenvalue weighted by Crippen LogP contribution is 2.74. The lowest BCUT2D eigenvalue weighted by molar-refractivity contribution is -0.175. The van der Waals surface area contributed by atoms with Crippen LogP contribution in [0.1, 0.15) is 358 Å². The minimum atomic E-state index is -0.629. The number of carbonyl (C=O) groups is 4. The monoisotopic (exact) mass is 2040 g/mol. The van der Waals surface area contributed by atoms with E-state index in [0.717, 1.165) is 219 Å². The van der Waals surface area contributed by atoms with Crippen molar-refractivity contribution in [3.63, 3.8) is 0 Å². The highest BCUT2D eigenvalue weighted by molar-refractivity contribution is 9.93. The number of H-pyrrole nitrogens is 1. The van der Waals surface area contributed by atoms with Crippen LogP contribution in [0.4, 0.5) is 0 Å². The molecule has 3 aromatic heterocycles. The Balaban J connectivity index is 0.000000468. The third-order valence-electron chi connectivity index (χ3n) is 39.5. The molecule has 0 aromatic carbocycles. The van der Waals surface area contributed by atoms with E-state index in [1.54, 1.807) is 53.9 Å². The number of aliphatic hydroxyl groups excluding tert-OH is 1. The highest BCUT2D eigenvalue weighted by atomic mass is 80.9. The molecule has 3 aromatic rings. The molecule has 0 bridgehead atoms. The van der Waals surface area contributed by atoms with Gasteiger partial charge in [-0.3, -0.25) is 19.2 Å². The van der Waals surface area contributed by atoms with E-state index >= 15 is 0 Å². The first-order chi connectivity index (χ1) is 68.0. The zero-order valence-electron chi connectivity index (χ0n) is 96.0. The van der Waals surface area contributed by atoms with Gasteiger partial charge in [-0.1, -0.05) is 71.1 Å². The van der Waals surface area contributed by atoms with Gasteiger partial charge < -0.3 is 44.5 Å². The Hall–Kier alpha value is -3.03. The standard InChI is InChI=1S/2C25H40N4O3.C23H37BrO3.C23H38O3.C2H4N4.CH4O.3CH4.Br2.7H2/c1-16-26-27-28-29(16)14-22(30)21-8-7-19-18-6-5-17-13-23(2,31)11-12-25(17,15-32-4)20(18)9-10-24(19,21)3;1-16-26-28-29(27-16)14-22(30)21-8-7-19-18-6-5-17-13-23(2,31)11-12-25(17,15-32-4)20(18)9-10-24(19,21)3;1-21(26)10-11-23(14-27-3)15(12-21)4-5-16-17-6-7-19(20(25)13-24)22(17,2)9-8-18(16)23;1-15(24)18-7-8-19-17-6-5-16-13-21(2,25)11-12-23(16,14-26-4)20(17)9-10-22(18,19)3;1-2-3-5-6-4-2;1-2;;;;1-2;;;;;;;/h2*17-21,31H,5-15H2,1-4H3;15-19,26H,4-14H2,1-3H3;16-20,25H,5-14H2,1-4H3;1H3,(H,3,4,5,6);2H,1H3;3*1H4;;7*1H/t2*17-,18+,19+,20+,21-,23-,24+,25-;15-,16+,17+,18+,19-,21-,22+,23-;16-,17+,18-,19+,20+,21-,22-,23-;;;;;;;;;;;;;/m1111............./s1/i2*15D;2*14D;;;;;;;6*1+1D;1+1/t2*15?,17-,18+,19+,20+,21-,23-,24+,25-;14?,15-,16+,17+,18+,19-,21-,22+,23-;14?,16-,17+,18-,19+,20+,21-,22-,23-;;;;;;;;;;;;;. The molecule has 0 aliphatic heterocycles. The van der Waals surface area contributed by atoms with Gasteiger partial charge in [-0.15, -0.1) is 25.5 Å². The molecule has 4 unspecified atom stereocenters. The number of fused-ring (bicyclic) bond motifs is 20. The van der Waals surface area contributed by atoms with E-state index in [4.69, 9.17) is 47.4 Å². The van der Waals surface area contributed by atoms with Crippen molar-refractivity contribution < 1.29 is 88.4 Å². The second kappa shape index (κ2) is 43.4. The van der Waals surface area contributed by atoms with Crippen LogP contribution in [-0.2, 0) is 51.2 Å². The molecule has 25 nitrogen and oxygen atoms in total. The highest BCUT2D eigenvalue weighted by Gasteiger charge is 2.69. The Morgan fingerprint density at radius 2 is 0.738 bits per heavy atom. The fraction of sp³-hybridized carbons (Fsp3) is 0.931. The van der Waals surface area contributed by atoms with E-state index in [-0.39, 0.29) is 115 Å². The predicted octanol–water partition coefficient (Wildman–Crippen LogP) is 21.2. The van der Waals surface area contributed by atoms with Gasteiger partial charge in [0.05, 0.1) is 59.5 Å². The van der Waals surface area contributed by atoms with E-state index in [9.17, 15) is 39.6 Å². The number of tetrazole rings is 3. The first-order valence-corrected chi connectivity index (χ1v) is 53.9. The van der Waals surface area contributed by atoms with Crippen molar-refractivity contribution in [3.8, 4) is 0 Å². The maximum Gasteiger partial charge on any atom is 0.171 e.